The molecule has 0 amide bonds. The number of imidazole rings is 1. The molecule has 1 saturated carbocycles. The highest BCUT2D eigenvalue weighted by molar-refractivity contribution is 5.01. The number of aryl methyl sites for hydroxylation is 1. The average Bonchev–Trinajstić information content (AvgIpc) is 2.65. The lowest BCUT2D eigenvalue weighted by atomic mass is 9.80. The van der Waals surface area contributed by atoms with Gasteiger partial charge >= 0.3 is 0 Å². The van der Waals surface area contributed by atoms with Crippen LogP contribution in [0.4, 0.5) is 0 Å². The summed E-state index contributed by atoms with van der Waals surface area (Å²) in [7, 11) is 2.11. The van der Waals surface area contributed by atoms with Crippen LogP contribution >= 0.6 is 0 Å². The second-order valence-corrected chi connectivity index (χ2v) is 4.53. The van der Waals surface area contributed by atoms with Crippen LogP contribution in [0.5, 0.6) is 0 Å². The first-order valence-corrected chi connectivity index (χ1v) is 5.78. The van der Waals surface area contributed by atoms with Crippen molar-refractivity contribution >= 4 is 0 Å². The molecule has 0 unspecified atom stereocenters. The zero-order valence-electron chi connectivity index (χ0n) is 9.24. The van der Waals surface area contributed by atoms with E-state index in [4.69, 9.17) is 0 Å². The van der Waals surface area contributed by atoms with Crippen molar-refractivity contribution in [2.75, 3.05) is 0 Å². The summed E-state index contributed by atoms with van der Waals surface area (Å²) in [5, 5.41) is 0. The van der Waals surface area contributed by atoms with Gasteiger partial charge in [0.15, 0.2) is 0 Å². The number of hydrogen-bond donors (Lipinski definition) is 0. The van der Waals surface area contributed by atoms with Crippen LogP contribution < -0.4 is 0 Å². The number of rotatable bonds is 2. The third-order valence-corrected chi connectivity index (χ3v) is 3.58. The summed E-state index contributed by atoms with van der Waals surface area (Å²) in [5.41, 5.74) is 0. The lowest BCUT2D eigenvalue weighted by Crippen LogP contribution is -2.16. The summed E-state index contributed by atoms with van der Waals surface area (Å²) in [6.45, 7) is 2.31. The van der Waals surface area contributed by atoms with E-state index in [2.05, 4.69) is 29.7 Å². The van der Waals surface area contributed by atoms with Gasteiger partial charge in [0.2, 0.25) is 0 Å². The SMILES string of the molecule is CC[C@H]1CCC[C@@H](c2nccn2C)C1. The first-order valence-electron chi connectivity index (χ1n) is 5.78. The zero-order chi connectivity index (χ0) is 9.97. The van der Waals surface area contributed by atoms with Gasteiger partial charge in [-0.15, -0.1) is 0 Å². The Labute approximate surface area is 86.3 Å². The van der Waals surface area contributed by atoms with Crippen LogP contribution in [0.1, 0.15) is 50.8 Å². The van der Waals surface area contributed by atoms with Gasteiger partial charge in [-0.2, -0.15) is 0 Å². The second-order valence-electron chi connectivity index (χ2n) is 4.53. The van der Waals surface area contributed by atoms with Gasteiger partial charge in [0.1, 0.15) is 5.82 Å². The third-order valence-electron chi connectivity index (χ3n) is 3.58. The minimum Gasteiger partial charge on any atom is -0.338 e. The molecule has 1 fully saturated rings. The molecule has 0 radical (unpaired) electrons. The largest absolute Gasteiger partial charge is 0.338 e. The molecule has 14 heavy (non-hydrogen) atoms. The maximum atomic E-state index is 4.47. The predicted molar refractivity (Wildman–Crippen MR) is 58.2 cm³/mol. The van der Waals surface area contributed by atoms with Crippen LogP contribution in [0.2, 0.25) is 0 Å². The number of nitrogens with zero attached hydrogens (tertiary/aromatic N) is 2. The van der Waals surface area contributed by atoms with Crippen LogP contribution in [0.15, 0.2) is 12.4 Å². The first kappa shape index (κ1) is 9.75. The van der Waals surface area contributed by atoms with Crippen molar-refractivity contribution in [2.45, 2.75) is 44.9 Å². The van der Waals surface area contributed by atoms with E-state index in [-0.39, 0.29) is 0 Å². The van der Waals surface area contributed by atoms with Crippen molar-refractivity contribution in [2.24, 2.45) is 13.0 Å². The monoisotopic (exact) mass is 192 g/mol. The molecule has 0 saturated heterocycles. The van der Waals surface area contributed by atoms with E-state index in [1.54, 1.807) is 0 Å². The van der Waals surface area contributed by atoms with Gasteiger partial charge in [0.25, 0.3) is 0 Å². The maximum absolute atomic E-state index is 4.47. The fraction of sp³-hybridized carbons (Fsp3) is 0.750. The van der Waals surface area contributed by atoms with E-state index in [9.17, 15) is 0 Å². The predicted octanol–water partition coefficient (Wildman–Crippen LogP) is 3.10. The van der Waals surface area contributed by atoms with Gasteiger partial charge in [0.05, 0.1) is 0 Å². The summed E-state index contributed by atoms with van der Waals surface area (Å²) in [6, 6.07) is 0. The van der Waals surface area contributed by atoms with Crippen molar-refractivity contribution in [1.82, 2.24) is 9.55 Å². The Balaban J connectivity index is 2.08. The third kappa shape index (κ3) is 1.84. The van der Waals surface area contributed by atoms with E-state index < -0.39 is 0 Å². The molecule has 2 nitrogen and oxygen atoms in total. The molecule has 1 aromatic rings. The summed E-state index contributed by atoms with van der Waals surface area (Å²) in [6.07, 6.45) is 10.8. The Morgan fingerprint density at radius 3 is 3.00 bits per heavy atom. The van der Waals surface area contributed by atoms with Crippen molar-refractivity contribution in [3.63, 3.8) is 0 Å². The van der Waals surface area contributed by atoms with E-state index >= 15 is 0 Å². The lowest BCUT2D eigenvalue weighted by molar-refractivity contribution is 0.304. The highest BCUT2D eigenvalue weighted by Gasteiger charge is 2.24. The van der Waals surface area contributed by atoms with Crippen LogP contribution in [-0.4, -0.2) is 9.55 Å². The minimum atomic E-state index is 0.716. The molecule has 1 aliphatic rings. The highest BCUT2D eigenvalue weighted by atomic mass is 15.0. The fourth-order valence-corrected chi connectivity index (χ4v) is 2.67. The zero-order valence-corrected chi connectivity index (χ0v) is 9.24. The molecule has 0 N–H and O–H groups in total. The van der Waals surface area contributed by atoms with Crippen LogP contribution in [0.25, 0.3) is 0 Å². The molecule has 1 aliphatic carbocycles. The van der Waals surface area contributed by atoms with Crippen LogP contribution in [0, 0.1) is 5.92 Å². The van der Waals surface area contributed by atoms with E-state index in [0.717, 1.165) is 5.92 Å². The molecular formula is C12H20N2. The van der Waals surface area contributed by atoms with Gasteiger partial charge in [0, 0.05) is 25.4 Å². The quantitative estimate of drug-likeness (QED) is 0.704. The molecule has 0 bridgehead atoms. The molecule has 2 rings (SSSR count). The lowest BCUT2D eigenvalue weighted by Gasteiger charge is -2.27. The maximum Gasteiger partial charge on any atom is 0.111 e. The van der Waals surface area contributed by atoms with Gasteiger partial charge < -0.3 is 4.57 Å². The van der Waals surface area contributed by atoms with E-state index in [1.165, 1.54) is 37.9 Å². The second kappa shape index (κ2) is 4.16. The summed E-state index contributed by atoms with van der Waals surface area (Å²) in [4.78, 5) is 4.47. The molecule has 2 atom stereocenters. The topological polar surface area (TPSA) is 17.8 Å². The summed E-state index contributed by atoms with van der Waals surface area (Å²) < 4.78 is 2.18. The van der Waals surface area contributed by atoms with Crippen LogP contribution in [-0.2, 0) is 7.05 Å². The smallest absolute Gasteiger partial charge is 0.111 e. The minimum absolute atomic E-state index is 0.716. The molecule has 0 aromatic carbocycles. The Morgan fingerprint density at radius 2 is 2.36 bits per heavy atom. The van der Waals surface area contributed by atoms with Gasteiger partial charge in [-0.05, 0) is 18.8 Å². The first-order chi connectivity index (χ1) is 6.81. The van der Waals surface area contributed by atoms with E-state index in [0.29, 0.717) is 5.92 Å². The van der Waals surface area contributed by atoms with Gasteiger partial charge in [-0.1, -0.05) is 26.2 Å². The molecule has 1 aromatic heterocycles. The van der Waals surface area contributed by atoms with Crippen molar-refractivity contribution in [3.05, 3.63) is 18.2 Å². The summed E-state index contributed by atoms with van der Waals surface area (Å²) in [5.74, 6) is 2.95. The van der Waals surface area contributed by atoms with Gasteiger partial charge in [-0.3, -0.25) is 0 Å². The van der Waals surface area contributed by atoms with E-state index in [1.807, 2.05) is 6.20 Å². The number of hydrogen-bond acceptors (Lipinski definition) is 1. The Hall–Kier alpha value is -0.790. The Kier molecular flexibility index (Phi) is 2.90. The van der Waals surface area contributed by atoms with Crippen molar-refractivity contribution in [1.29, 1.82) is 0 Å². The molecule has 1 heterocycles. The Bertz CT molecular complexity index is 290. The average molecular weight is 192 g/mol. The molecule has 2 heteroatoms. The van der Waals surface area contributed by atoms with Crippen molar-refractivity contribution < 1.29 is 0 Å². The van der Waals surface area contributed by atoms with Crippen molar-refractivity contribution in [3.8, 4) is 0 Å². The molecule has 0 spiro atoms. The summed E-state index contributed by atoms with van der Waals surface area (Å²) >= 11 is 0. The van der Waals surface area contributed by atoms with Gasteiger partial charge in [-0.25, -0.2) is 4.98 Å². The molecular weight excluding hydrogens is 172 g/mol. The molecule has 0 aliphatic heterocycles. The normalized spacial score (nSPS) is 27.9. The van der Waals surface area contributed by atoms with Crippen LogP contribution in [0.3, 0.4) is 0 Å². The fourth-order valence-electron chi connectivity index (χ4n) is 2.67. The number of aromatic nitrogens is 2. The standard InChI is InChI=1S/C12H20N2/c1-3-10-5-4-6-11(9-10)12-13-7-8-14(12)2/h7-8,10-11H,3-6,9H2,1-2H3/t10-,11+/m0/s1. The molecule has 78 valence electrons. The highest BCUT2D eigenvalue weighted by Crippen LogP contribution is 2.36. The Morgan fingerprint density at radius 1 is 1.50 bits per heavy atom.